The number of phenolic OH excluding ortho intramolecular Hbond substituents is 1. The van der Waals surface area contributed by atoms with Gasteiger partial charge in [-0.25, -0.2) is 0 Å². The van der Waals surface area contributed by atoms with E-state index in [1.54, 1.807) is 36.9 Å². The van der Waals surface area contributed by atoms with Crippen LogP contribution in [0.3, 0.4) is 0 Å². The standard InChI is InChI=1S/C21H25N3O5S/c1-13-11-18(23-29-13)22-21(28)14(2)30-12-19(26)24-9-7-16(8-10-24)20(27)15-3-5-17(25)6-4-15/h3-6,11,14,16,25H,7-10,12H2,1-2H3,(H,22,23,28). The number of carbonyl (C=O) groups excluding carboxylic acids is 3. The molecule has 1 unspecified atom stereocenters. The summed E-state index contributed by atoms with van der Waals surface area (Å²) in [6, 6.07) is 7.88. The fraction of sp³-hybridized carbons (Fsp3) is 0.429. The van der Waals surface area contributed by atoms with Crippen LogP contribution in [0, 0.1) is 12.8 Å². The zero-order chi connectivity index (χ0) is 21.7. The molecule has 1 fully saturated rings. The number of aryl methyl sites for hydroxylation is 1. The fourth-order valence-corrected chi connectivity index (χ4v) is 4.05. The lowest BCUT2D eigenvalue weighted by atomic mass is 9.89. The molecule has 160 valence electrons. The van der Waals surface area contributed by atoms with Crippen LogP contribution in [0.2, 0.25) is 0 Å². The first kappa shape index (κ1) is 21.9. The fourth-order valence-electron chi connectivity index (χ4n) is 3.27. The van der Waals surface area contributed by atoms with Crippen LogP contribution in [0.4, 0.5) is 5.82 Å². The maximum absolute atomic E-state index is 12.6. The summed E-state index contributed by atoms with van der Waals surface area (Å²) < 4.78 is 4.91. The normalized spacial score (nSPS) is 15.6. The molecule has 2 amide bonds. The summed E-state index contributed by atoms with van der Waals surface area (Å²) in [5.41, 5.74) is 0.579. The van der Waals surface area contributed by atoms with E-state index < -0.39 is 5.25 Å². The molecule has 1 aromatic carbocycles. The zero-order valence-corrected chi connectivity index (χ0v) is 17.8. The van der Waals surface area contributed by atoms with Crippen LogP contribution < -0.4 is 5.32 Å². The number of carbonyl (C=O) groups is 3. The zero-order valence-electron chi connectivity index (χ0n) is 17.0. The number of piperidine rings is 1. The monoisotopic (exact) mass is 431 g/mol. The van der Waals surface area contributed by atoms with E-state index in [1.165, 1.54) is 23.9 Å². The largest absolute Gasteiger partial charge is 0.508 e. The third kappa shape index (κ3) is 5.63. The topological polar surface area (TPSA) is 113 Å². The maximum atomic E-state index is 12.6. The van der Waals surface area contributed by atoms with Crippen LogP contribution >= 0.6 is 11.8 Å². The van der Waals surface area contributed by atoms with Crippen LogP contribution in [0.25, 0.3) is 0 Å². The van der Waals surface area contributed by atoms with Gasteiger partial charge in [-0.15, -0.1) is 11.8 Å². The first-order valence-electron chi connectivity index (χ1n) is 9.80. The molecule has 0 spiro atoms. The minimum atomic E-state index is -0.417. The van der Waals surface area contributed by atoms with E-state index in [0.29, 0.717) is 43.1 Å². The van der Waals surface area contributed by atoms with Crippen LogP contribution in [-0.4, -0.2) is 56.9 Å². The summed E-state index contributed by atoms with van der Waals surface area (Å²) >= 11 is 1.27. The van der Waals surface area contributed by atoms with E-state index in [-0.39, 0.29) is 35.0 Å². The molecule has 2 N–H and O–H groups in total. The number of Topliss-reactive ketones (excluding diaryl/α,β-unsaturated/α-hetero) is 1. The number of nitrogens with zero attached hydrogens (tertiary/aromatic N) is 2. The van der Waals surface area contributed by atoms with Crippen molar-refractivity contribution >= 4 is 35.2 Å². The van der Waals surface area contributed by atoms with Gasteiger partial charge in [-0.1, -0.05) is 5.16 Å². The summed E-state index contributed by atoms with van der Waals surface area (Å²) in [5, 5.41) is 15.3. The number of likely N-dealkylation sites (tertiary alicyclic amines) is 1. The Labute approximate surface area is 179 Å². The SMILES string of the molecule is Cc1cc(NC(=O)C(C)SCC(=O)N2CCC(C(=O)c3ccc(O)cc3)CC2)no1. The molecule has 0 radical (unpaired) electrons. The number of aromatic hydroxyl groups is 1. The lowest BCUT2D eigenvalue weighted by Crippen LogP contribution is -2.41. The highest BCUT2D eigenvalue weighted by Crippen LogP contribution is 2.24. The van der Waals surface area contributed by atoms with Crippen molar-refractivity contribution in [2.45, 2.75) is 31.9 Å². The van der Waals surface area contributed by atoms with Crippen molar-refractivity contribution in [1.82, 2.24) is 10.1 Å². The Bertz CT molecular complexity index is 904. The lowest BCUT2D eigenvalue weighted by Gasteiger charge is -2.31. The first-order valence-corrected chi connectivity index (χ1v) is 10.8. The number of anilines is 1. The second-order valence-corrected chi connectivity index (χ2v) is 8.66. The molecule has 1 aliphatic rings. The van der Waals surface area contributed by atoms with Crippen LogP contribution in [0.5, 0.6) is 5.75 Å². The number of thioether (sulfide) groups is 1. The number of nitrogens with one attached hydrogen (secondary N) is 1. The Morgan fingerprint density at radius 2 is 1.93 bits per heavy atom. The highest BCUT2D eigenvalue weighted by molar-refractivity contribution is 8.01. The summed E-state index contributed by atoms with van der Waals surface area (Å²) in [7, 11) is 0. The minimum Gasteiger partial charge on any atom is -0.508 e. The third-order valence-electron chi connectivity index (χ3n) is 5.08. The number of hydrogen-bond donors (Lipinski definition) is 2. The van der Waals surface area contributed by atoms with Crippen molar-refractivity contribution in [2.75, 3.05) is 24.2 Å². The van der Waals surface area contributed by atoms with E-state index in [9.17, 15) is 19.5 Å². The molecule has 2 aromatic rings. The smallest absolute Gasteiger partial charge is 0.238 e. The molecule has 1 saturated heterocycles. The van der Waals surface area contributed by atoms with Gasteiger partial charge >= 0.3 is 0 Å². The van der Waals surface area contributed by atoms with Gasteiger partial charge in [0.25, 0.3) is 0 Å². The van der Waals surface area contributed by atoms with Crippen molar-refractivity contribution < 1.29 is 24.0 Å². The van der Waals surface area contributed by atoms with Gasteiger partial charge in [-0.05, 0) is 51.0 Å². The molecule has 8 nitrogen and oxygen atoms in total. The van der Waals surface area contributed by atoms with Crippen molar-refractivity contribution in [2.24, 2.45) is 5.92 Å². The second-order valence-electron chi connectivity index (χ2n) is 7.33. The van der Waals surface area contributed by atoms with Gasteiger partial charge in [0.15, 0.2) is 11.6 Å². The Balaban J connectivity index is 1.42. The van der Waals surface area contributed by atoms with Gasteiger partial charge < -0.3 is 19.8 Å². The molecule has 0 saturated carbocycles. The summed E-state index contributed by atoms with van der Waals surface area (Å²) in [5.74, 6) is 0.940. The predicted molar refractivity (Wildman–Crippen MR) is 114 cm³/mol. The maximum Gasteiger partial charge on any atom is 0.238 e. The molecular formula is C21H25N3O5S. The molecule has 0 bridgehead atoms. The molecule has 3 rings (SSSR count). The molecular weight excluding hydrogens is 406 g/mol. The second kappa shape index (κ2) is 9.80. The number of aromatic nitrogens is 1. The Morgan fingerprint density at radius 1 is 1.27 bits per heavy atom. The first-order chi connectivity index (χ1) is 14.3. The number of hydrogen-bond acceptors (Lipinski definition) is 7. The Hall–Kier alpha value is -2.81. The van der Waals surface area contributed by atoms with Gasteiger partial charge in [0, 0.05) is 30.6 Å². The average Bonchev–Trinajstić information content (AvgIpc) is 3.16. The van der Waals surface area contributed by atoms with E-state index in [0.717, 1.165) is 0 Å². The third-order valence-corrected chi connectivity index (χ3v) is 6.20. The summed E-state index contributed by atoms with van der Waals surface area (Å²) in [6.07, 6.45) is 1.22. The molecule has 2 heterocycles. The van der Waals surface area contributed by atoms with Gasteiger partial charge in [0.05, 0.1) is 11.0 Å². The highest BCUT2D eigenvalue weighted by atomic mass is 32.2. The van der Waals surface area contributed by atoms with Crippen molar-refractivity contribution in [3.05, 3.63) is 41.7 Å². The lowest BCUT2D eigenvalue weighted by molar-refractivity contribution is -0.129. The number of phenols is 1. The molecule has 1 aromatic heterocycles. The highest BCUT2D eigenvalue weighted by Gasteiger charge is 2.28. The van der Waals surface area contributed by atoms with Gasteiger partial charge in [-0.2, -0.15) is 0 Å². The van der Waals surface area contributed by atoms with Crippen LogP contribution in [0.1, 0.15) is 35.9 Å². The number of amides is 2. The van der Waals surface area contributed by atoms with Crippen LogP contribution in [-0.2, 0) is 9.59 Å². The van der Waals surface area contributed by atoms with Gasteiger partial charge in [0.1, 0.15) is 11.5 Å². The van der Waals surface area contributed by atoms with Crippen LogP contribution in [0.15, 0.2) is 34.9 Å². The van der Waals surface area contributed by atoms with Crippen molar-refractivity contribution in [1.29, 1.82) is 0 Å². The van der Waals surface area contributed by atoms with E-state index in [4.69, 9.17) is 4.52 Å². The predicted octanol–water partition coefficient (Wildman–Crippen LogP) is 2.87. The van der Waals surface area contributed by atoms with Crippen molar-refractivity contribution in [3.8, 4) is 5.75 Å². The average molecular weight is 432 g/mol. The van der Waals surface area contributed by atoms with Gasteiger partial charge in [0.2, 0.25) is 11.8 Å². The summed E-state index contributed by atoms with van der Waals surface area (Å²) in [4.78, 5) is 39.0. The minimum absolute atomic E-state index is 0.0348. The number of ketones is 1. The molecule has 0 aliphatic carbocycles. The van der Waals surface area contributed by atoms with E-state index >= 15 is 0 Å². The van der Waals surface area contributed by atoms with Crippen molar-refractivity contribution in [3.63, 3.8) is 0 Å². The molecule has 1 aliphatic heterocycles. The van der Waals surface area contributed by atoms with E-state index in [1.807, 2.05) is 0 Å². The Morgan fingerprint density at radius 3 is 2.53 bits per heavy atom. The molecule has 9 heteroatoms. The van der Waals surface area contributed by atoms with E-state index in [2.05, 4.69) is 10.5 Å². The number of rotatable bonds is 7. The van der Waals surface area contributed by atoms with Gasteiger partial charge in [-0.3, -0.25) is 14.4 Å². The quantitative estimate of drug-likeness (QED) is 0.648. The number of benzene rings is 1. The summed E-state index contributed by atoms with van der Waals surface area (Å²) in [6.45, 7) is 4.52. The Kier molecular flexibility index (Phi) is 7.15. The molecule has 1 atom stereocenters. The molecule has 30 heavy (non-hydrogen) atoms.